The van der Waals surface area contributed by atoms with Crippen LogP contribution >= 0.6 is 22.7 Å². The highest BCUT2D eigenvalue weighted by Crippen LogP contribution is 2.29. The van der Waals surface area contributed by atoms with Crippen molar-refractivity contribution in [2.45, 2.75) is 6.92 Å². The van der Waals surface area contributed by atoms with E-state index in [2.05, 4.69) is 20.3 Å². The number of aromatic nitrogens is 2. The number of carbonyl (C=O) groups excluding carboxylic acids is 1. The van der Waals surface area contributed by atoms with Gasteiger partial charge in [0.05, 0.1) is 16.8 Å². The quantitative estimate of drug-likeness (QED) is 0.472. The van der Waals surface area contributed by atoms with E-state index in [0.29, 0.717) is 16.9 Å². The zero-order chi connectivity index (χ0) is 17.1. The van der Waals surface area contributed by atoms with E-state index in [9.17, 15) is 4.79 Å². The van der Waals surface area contributed by atoms with Crippen molar-refractivity contribution < 1.29 is 9.53 Å². The highest BCUT2D eigenvalue weighted by atomic mass is 32.1. The van der Waals surface area contributed by atoms with Gasteiger partial charge in [0.1, 0.15) is 11.4 Å². The van der Waals surface area contributed by atoms with Crippen LogP contribution in [0.3, 0.4) is 0 Å². The molecule has 0 aliphatic rings. The standard InChI is InChI=1S/C14H14N6O2S2/c1-2-22-7-3-4-8-10(5-7)24-14(17-8)19-11(21)9-6-23-13(18-9)20-12(15)16/h3-6H,2H2,1H3,(H,17,19,21)(H4,15,16,18,20). The Kier molecular flexibility index (Phi) is 4.58. The monoisotopic (exact) mass is 362 g/mol. The fourth-order valence-electron chi connectivity index (χ4n) is 1.91. The van der Waals surface area contributed by atoms with E-state index in [4.69, 9.17) is 16.2 Å². The average molecular weight is 362 g/mol. The minimum absolute atomic E-state index is 0.104. The number of thiazole rings is 2. The molecule has 2 aromatic heterocycles. The summed E-state index contributed by atoms with van der Waals surface area (Å²) in [7, 11) is 0. The number of nitrogens with one attached hydrogen (secondary N) is 1. The number of amides is 1. The van der Waals surface area contributed by atoms with Crippen molar-refractivity contribution in [2.75, 3.05) is 11.9 Å². The Morgan fingerprint density at radius 3 is 2.96 bits per heavy atom. The van der Waals surface area contributed by atoms with Crippen molar-refractivity contribution in [1.29, 1.82) is 0 Å². The van der Waals surface area contributed by atoms with E-state index >= 15 is 0 Å². The predicted octanol–water partition coefficient (Wildman–Crippen LogP) is 2.31. The molecule has 0 fully saturated rings. The number of ether oxygens (including phenoxy) is 1. The topological polar surface area (TPSA) is 129 Å². The van der Waals surface area contributed by atoms with Crippen molar-refractivity contribution in [1.82, 2.24) is 9.97 Å². The second-order valence-electron chi connectivity index (χ2n) is 4.59. The Balaban J connectivity index is 1.77. The lowest BCUT2D eigenvalue weighted by molar-refractivity contribution is 0.102. The molecular formula is C14H14N6O2S2. The summed E-state index contributed by atoms with van der Waals surface area (Å²) in [4.78, 5) is 24.5. The third kappa shape index (κ3) is 3.60. The van der Waals surface area contributed by atoms with E-state index in [-0.39, 0.29) is 17.6 Å². The van der Waals surface area contributed by atoms with Gasteiger partial charge in [0, 0.05) is 5.38 Å². The molecule has 0 radical (unpaired) electrons. The molecule has 10 heteroatoms. The number of hydrogen-bond acceptors (Lipinski definition) is 7. The van der Waals surface area contributed by atoms with Gasteiger partial charge in [-0.25, -0.2) is 9.97 Å². The first-order valence-corrected chi connectivity index (χ1v) is 8.64. The molecule has 0 saturated carbocycles. The number of benzene rings is 1. The Morgan fingerprint density at radius 1 is 1.38 bits per heavy atom. The second kappa shape index (κ2) is 6.81. The van der Waals surface area contributed by atoms with Crippen LogP contribution in [-0.4, -0.2) is 28.4 Å². The minimum atomic E-state index is -0.368. The molecule has 0 spiro atoms. The van der Waals surface area contributed by atoms with Crippen molar-refractivity contribution in [3.05, 3.63) is 29.3 Å². The van der Waals surface area contributed by atoms with Gasteiger partial charge in [-0.1, -0.05) is 11.3 Å². The molecule has 0 saturated heterocycles. The molecular weight excluding hydrogens is 348 g/mol. The maximum atomic E-state index is 12.2. The van der Waals surface area contributed by atoms with Gasteiger partial charge in [-0.15, -0.1) is 11.3 Å². The maximum Gasteiger partial charge on any atom is 0.276 e. The third-order valence-corrected chi connectivity index (χ3v) is 4.51. The molecule has 1 aromatic carbocycles. The summed E-state index contributed by atoms with van der Waals surface area (Å²) in [5, 5.41) is 5.12. The fourth-order valence-corrected chi connectivity index (χ4v) is 3.48. The molecule has 0 aliphatic heterocycles. The van der Waals surface area contributed by atoms with Crippen LogP contribution in [0.15, 0.2) is 28.6 Å². The number of nitrogens with two attached hydrogens (primary N) is 2. The summed E-state index contributed by atoms with van der Waals surface area (Å²) in [6.07, 6.45) is 0. The second-order valence-corrected chi connectivity index (χ2v) is 6.45. The van der Waals surface area contributed by atoms with Gasteiger partial charge in [-0.2, -0.15) is 4.99 Å². The van der Waals surface area contributed by atoms with Crippen molar-refractivity contribution in [2.24, 2.45) is 16.5 Å². The minimum Gasteiger partial charge on any atom is -0.494 e. The summed E-state index contributed by atoms with van der Waals surface area (Å²) in [6.45, 7) is 2.52. The van der Waals surface area contributed by atoms with Gasteiger partial charge in [-0.05, 0) is 25.1 Å². The molecule has 2 heterocycles. The highest BCUT2D eigenvalue weighted by Gasteiger charge is 2.14. The molecule has 24 heavy (non-hydrogen) atoms. The number of nitrogens with zero attached hydrogens (tertiary/aromatic N) is 3. The summed E-state index contributed by atoms with van der Waals surface area (Å²) in [6, 6.07) is 5.59. The lowest BCUT2D eigenvalue weighted by Crippen LogP contribution is -2.21. The zero-order valence-electron chi connectivity index (χ0n) is 12.6. The van der Waals surface area contributed by atoms with E-state index in [0.717, 1.165) is 16.0 Å². The van der Waals surface area contributed by atoms with Gasteiger partial charge in [0.2, 0.25) is 5.13 Å². The molecule has 1 amide bonds. The highest BCUT2D eigenvalue weighted by molar-refractivity contribution is 7.22. The Hall–Kier alpha value is -2.72. The van der Waals surface area contributed by atoms with Crippen molar-refractivity contribution >= 4 is 55.0 Å². The molecule has 0 bridgehead atoms. The number of hydrogen-bond donors (Lipinski definition) is 3. The molecule has 8 nitrogen and oxygen atoms in total. The van der Waals surface area contributed by atoms with Crippen LogP contribution in [0.5, 0.6) is 5.75 Å². The normalized spacial score (nSPS) is 10.5. The van der Waals surface area contributed by atoms with Crippen LogP contribution < -0.4 is 21.5 Å². The Morgan fingerprint density at radius 2 is 2.21 bits per heavy atom. The van der Waals surface area contributed by atoms with Crippen LogP contribution in [0.25, 0.3) is 10.2 Å². The number of carbonyl (C=O) groups is 1. The van der Waals surface area contributed by atoms with Gasteiger partial charge in [0.25, 0.3) is 5.91 Å². The average Bonchev–Trinajstić information content (AvgIpc) is 3.12. The van der Waals surface area contributed by atoms with E-state index in [1.807, 2.05) is 25.1 Å². The van der Waals surface area contributed by atoms with Gasteiger partial charge in [-0.3, -0.25) is 10.1 Å². The van der Waals surface area contributed by atoms with Crippen LogP contribution in [0.4, 0.5) is 10.3 Å². The molecule has 5 N–H and O–H groups in total. The van der Waals surface area contributed by atoms with Gasteiger partial charge >= 0.3 is 0 Å². The van der Waals surface area contributed by atoms with Gasteiger partial charge in [0.15, 0.2) is 11.1 Å². The summed E-state index contributed by atoms with van der Waals surface area (Å²) >= 11 is 2.54. The Bertz CT molecular complexity index is 913. The van der Waals surface area contributed by atoms with Gasteiger partial charge < -0.3 is 16.2 Å². The van der Waals surface area contributed by atoms with Crippen molar-refractivity contribution in [3.63, 3.8) is 0 Å². The third-order valence-electron chi connectivity index (χ3n) is 2.84. The number of anilines is 1. The van der Waals surface area contributed by atoms with Crippen LogP contribution in [0, 0.1) is 0 Å². The number of aliphatic imine (C=N–C) groups is 1. The first-order valence-electron chi connectivity index (χ1n) is 6.95. The zero-order valence-corrected chi connectivity index (χ0v) is 14.3. The predicted molar refractivity (Wildman–Crippen MR) is 96.3 cm³/mol. The first-order chi connectivity index (χ1) is 11.5. The van der Waals surface area contributed by atoms with E-state index < -0.39 is 0 Å². The Labute approximate surface area is 145 Å². The van der Waals surface area contributed by atoms with E-state index in [1.54, 1.807) is 5.38 Å². The molecule has 3 aromatic rings. The smallest absolute Gasteiger partial charge is 0.276 e. The van der Waals surface area contributed by atoms with E-state index in [1.165, 1.54) is 22.7 Å². The molecule has 0 atom stereocenters. The molecule has 3 rings (SSSR count). The number of fused-ring (bicyclic) bond motifs is 1. The van der Waals surface area contributed by atoms with Crippen molar-refractivity contribution in [3.8, 4) is 5.75 Å². The first kappa shape index (κ1) is 16.1. The molecule has 0 aliphatic carbocycles. The summed E-state index contributed by atoms with van der Waals surface area (Å²) in [5.41, 5.74) is 11.6. The van der Waals surface area contributed by atoms with Crippen LogP contribution in [0.1, 0.15) is 17.4 Å². The lowest BCUT2D eigenvalue weighted by atomic mass is 10.3. The SMILES string of the molecule is CCOc1ccc2nc(NC(=O)c3csc(N=C(N)N)n3)sc2c1. The van der Waals surface area contributed by atoms with Crippen LogP contribution in [-0.2, 0) is 0 Å². The van der Waals surface area contributed by atoms with Crippen LogP contribution in [0.2, 0.25) is 0 Å². The molecule has 0 unspecified atom stereocenters. The molecule has 124 valence electrons. The maximum absolute atomic E-state index is 12.2. The number of rotatable bonds is 5. The summed E-state index contributed by atoms with van der Waals surface area (Å²) in [5.74, 6) is 0.299. The lowest BCUT2D eigenvalue weighted by Gasteiger charge is -2.00. The summed E-state index contributed by atoms with van der Waals surface area (Å²) < 4.78 is 6.38. The largest absolute Gasteiger partial charge is 0.494 e. The number of guanidine groups is 1. The fraction of sp³-hybridized carbons (Fsp3) is 0.143.